The molecule has 12 nitrogen and oxygen atoms in total. The van der Waals surface area contributed by atoms with E-state index in [1.54, 1.807) is 30.5 Å². The van der Waals surface area contributed by atoms with Crippen LogP contribution in [0.5, 0.6) is 11.6 Å². The Bertz CT molecular complexity index is 2220. The fraction of sp³-hybridized carbons (Fsp3) is 0.500. The van der Waals surface area contributed by atoms with E-state index in [1.165, 1.54) is 17.9 Å². The summed E-state index contributed by atoms with van der Waals surface area (Å²) in [7, 11) is 1.49. The normalized spacial score (nSPS) is 23.9. The summed E-state index contributed by atoms with van der Waals surface area (Å²) in [6, 6.07) is 7.46. The molecule has 14 heteroatoms. The van der Waals surface area contributed by atoms with Gasteiger partial charge in [-0.25, -0.2) is 13.6 Å². The van der Waals surface area contributed by atoms with Gasteiger partial charge in [-0.2, -0.15) is 14.8 Å². The smallest absolute Gasteiger partial charge is 0.410 e. The van der Waals surface area contributed by atoms with Crippen molar-refractivity contribution >= 4 is 33.5 Å². The Balaban J connectivity index is 1.24. The standard InChI is InChI=1S/C40H44F2N6O6/c1-6-29-32(42)11-8-24-14-28(53-23-51-5)15-33(35(24)29)48-37(49)30-16-34(52-22-40-12-7-13-46(40)19-25(41)17-40)44-36(31(30)18-43-48)45-20-26-9-10-27(21-45)47(26)38(50)54-39(2,3)4/h1,8,11,14-16,18,25-27H,7,9-10,12-13,17,19-23H2,2-5H3/t25-,26?,27?,40+/m0/s1. The molecular formula is C40H44F2N6O6. The molecule has 8 rings (SSSR count). The molecule has 2 unspecified atom stereocenters. The lowest BCUT2D eigenvalue weighted by Crippen LogP contribution is -2.57. The highest BCUT2D eigenvalue weighted by atomic mass is 19.1. The van der Waals surface area contributed by atoms with Gasteiger partial charge >= 0.3 is 6.09 Å². The van der Waals surface area contributed by atoms with E-state index in [-0.39, 0.29) is 54.1 Å². The number of methoxy groups -OCH3 is 1. The van der Waals surface area contributed by atoms with E-state index in [0.29, 0.717) is 53.8 Å². The Morgan fingerprint density at radius 3 is 2.59 bits per heavy atom. The number of halogens is 2. The van der Waals surface area contributed by atoms with Crippen molar-refractivity contribution in [1.82, 2.24) is 24.6 Å². The molecule has 2 bridgehead atoms. The number of alkyl halides is 1. The van der Waals surface area contributed by atoms with Crippen LogP contribution in [-0.2, 0) is 9.47 Å². The largest absolute Gasteiger partial charge is 0.476 e. The van der Waals surface area contributed by atoms with E-state index in [0.717, 1.165) is 32.2 Å². The fourth-order valence-electron chi connectivity index (χ4n) is 8.85. The second kappa shape index (κ2) is 13.7. The average Bonchev–Trinajstić information content (AvgIpc) is 3.75. The summed E-state index contributed by atoms with van der Waals surface area (Å²) in [6.45, 7) is 7.81. The number of pyridine rings is 1. The number of nitrogens with zero attached hydrogens (tertiary/aromatic N) is 6. The summed E-state index contributed by atoms with van der Waals surface area (Å²) in [5, 5.41) is 6.23. The van der Waals surface area contributed by atoms with Crippen molar-refractivity contribution in [2.45, 2.75) is 82.3 Å². The van der Waals surface area contributed by atoms with Crippen molar-refractivity contribution in [3.8, 4) is 29.7 Å². The second-order valence-electron chi connectivity index (χ2n) is 15.8. The molecule has 4 saturated heterocycles. The zero-order chi connectivity index (χ0) is 37.9. The van der Waals surface area contributed by atoms with Gasteiger partial charge in [-0.15, -0.1) is 6.42 Å². The van der Waals surface area contributed by atoms with Gasteiger partial charge < -0.3 is 23.8 Å². The zero-order valence-corrected chi connectivity index (χ0v) is 30.9. The number of aromatic nitrogens is 3. The van der Waals surface area contributed by atoms with Crippen LogP contribution < -0.4 is 19.9 Å². The molecule has 0 spiro atoms. The van der Waals surface area contributed by atoms with Crippen molar-refractivity contribution in [3.63, 3.8) is 0 Å². The summed E-state index contributed by atoms with van der Waals surface area (Å²) in [5.41, 5.74) is -1.38. The summed E-state index contributed by atoms with van der Waals surface area (Å²) in [4.78, 5) is 39.1. The highest BCUT2D eigenvalue weighted by Crippen LogP contribution is 2.41. The van der Waals surface area contributed by atoms with Crippen LogP contribution >= 0.6 is 0 Å². The fourth-order valence-corrected chi connectivity index (χ4v) is 8.85. The molecule has 1 amide bonds. The van der Waals surface area contributed by atoms with Crippen molar-refractivity contribution < 1.29 is 32.5 Å². The summed E-state index contributed by atoms with van der Waals surface area (Å²) in [6.07, 6.45) is 9.84. The molecule has 0 aliphatic carbocycles. The molecule has 4 aromatic rings. The SMILES string of the molecule is C#Cc1c(F)ccc2cc(OCOC)cc(-n3ncc4c(N5CC6CCC(C5)N6C(=O)OC(C)(C)C)nc(OC[C@]56CCCN5C[C@@H](F)C6)cc4c3=O)c12. The van der Waals surface area contributed by atoms with Gasteiger partial charge in [0.2, 0.25) is 5.88 Å². The third-order valence-electron chi connectivity index (χ3n) is 11.1. The molecule has 0 saturated carbocycles. The van der Waals surface area contributed by atoms with Crippen molar-refractivity contribution in [2.75, 3.05) is 51.6 Å². The van der Waals surface area contributed by atoms with E-state index in [1.807, 2.05) is 25.7 Å². The number of carbonyl (C=O) groups is 1. The first kappa shape index (κ1) is 36.0. The first-order valence-corrected chi connectivity index (χ1v) is 18.4. The number of hydrogen-bond donors (Lipinski definition) is 0. The molecule has 284 valence electrons. The van der Waals surface area contributed by atoms with Crippen LogP contribution in [0.4, 0.5) is 19.4 Å². The number of piperazine rings is 1. The molecule has 54 heavy (non-hydrogen) atoms. The highest BCUT2D eigenvalue weighted by molar-refractivity contribution is 5.97. The number of carbonyl (C=O) groups excluding carboxylic acids is 1. The van der Waals surface area contributed by atoms with Gasteiger partial charge in [-0.3, -0.25) is 14.6 Å². The monoisotopic (exact) mass is 742 g/mol. The lowest BCUT2D eigenvalue weighted by molar-refractivity contribution is 0.0122. The van der Waals surface area contributed by atoms with Crippen molar-refractivity contribution in [3.05, 3.63) is 58.3 Å². The summed E-state index contributed by atoms with van der Waals surface area (Å²) >= 11 is 0. The zero-order valence-electron chi connectivity index (χ0n) is 30.9. The lowest BCUT2D eigenvalue weighted by atomic mass is 9.95. The quantitative estimate of drug-likeness (QED) is 0.168. The van der Waals surface area contributed by atoms with E-state index in [2.05, 4.69) is 20.8 Å². The van der Waals surface area contributed by atoms with Crippen LogP contribution in [0.15, 0.2) is 41.3 Å². The van der Waals surface area contributed by atoms with Crippen LogP contribution in [0.2, 0.25) is 0 Å². The molecule has 0 N–H and O–H groups in total. The van der Waals surface area contributed by atoms with Crippen LogP contribution in [0, 0.1) is 18.2 Å². The Hall–Kier alpha value is -5.00. The van der Waals surface area contributed by atoms with Gasteiger partial charge in [0.1, 0.15) is 35.8 Å². The average molecular weight is 743 g/mol. The second-order valence-corrected chi connectivity index (χ2v) is 15.8. The number of ether oxygens (including phenoxy) is 4. The molecule has 0 radical (unpaired) electrons. The number of benzene rings is 2. The first-order valence-electron chi connectivity index (χ1n) is 18.4. The van der Waals surface area contributed by atoms with Crippen LogP contribution in [-0.4, -0.2) is 107 Å². The molecule has 4 aliphatic heterocycles. The third-order valence-corrected chi connectivity index (χ3v) is 11.1. The van der Waals surface area contributed by atoms with Gasteiger partial charge in [0, 0.05) is 50.7 Å². The van der Waals surface area contributed by atoms with Gasteiger partial charge in [0.05, 0.1) is 45.8 Å². The molecule has 2 aromatic carbocycles. The minimum atomic E-state index is -0.930. The van der Waals surface area contributed by atoms with E-state index in [9.17, 15) is 14.0 Å². The number of hydrogen-bond acceptors (Lipinski definition) is 10. The molecule has 4 fully saturated rings. The number of fused-ring (bicyclic) bond motifs is 5. The Morgan fingerprint density at radius 2 is 1.87 bits per heavy atom. The topological polar surface area (TPSA) is 111 Å². The lowest BCUT2D eigenvalue weighted by Gasteiger charge is -2.42. The van der Waals surface area contributed by atoms with E-state index in [4.69, 9.17) is 30.4 Å². The van der Waals surface area contributed by atoms with Crippen molar-refractivity contribution in [1.29, 1.82) is 0 Å². The van der Waals surface area contributed by atoms with E-state index < -0.39 is 28.7 Å². The predicted octanol–water partition coefficient (Wildman–Crippen LogP) is 5.58. The minimum absolute atomic E-state index is 0.0181. The third kappa shape index (κ3) is 6.36. The Labute approximate surface area is 311 Å². The van der Waals surface area contributed by atoms with E-state index >= 15 is 4.39 Å². The van der Waals surface area contributed by atoms with Gasteiger partial charge in [-0.05, 0) is 70.5 Å². The maximum absolute atomic E-state index is 15.1. The molecule has 4 atom stereocenters. The minimum Gasteiger partial charge on any atom is -0.476 e. The maximum Gasteiger partial charge on any atom is 0.410 e. The number of terminal acetylenes is 1. The number of amides is 1. The Morgan fingerprint density at radius 1 is 1.09 bits per heavy atom. The first-order chi connectivity index (χ1) is 25.9. The summed E-state index contributed by atoms with van der Waals surface area (Å²) < 4.78 is 54.1. The number of rotatable bonds is 8. The van der Waals surface area contributed by atoms with Crippen LogP contribution in [0.1, 0.15) is 58.4 Å². The van der Waals surface area contributed by atoms with Crippen LogP contribution in [0.3, 0.4) is 0 Å². The van der Waals surface area contributed by atoms with Crippen molar-refractivity contribution in [2.24, 2.45) is 0 Å². The molecule has 6 heterocycles. The highest BCUT2D eigenvalue weighted by Gasteiger charge is 2.49. The summed E-state index contributed by atoms with van der Waals surface area (Å²) in [5.74, 6) is 2.90. The van der Waals surface area contributed by atoms with Gasteiger partial charge in [0.25, 0.3) is 5.56 Å². The molecule has 2 aromatic heterocycles. The molecule has 4 aliphatic rings. The van der Waals surface area contributed by atoms with Gasteiger partial charge in [-0.1, -0.05) is 12.0 Å². The Kier molecular flexibility index (Phi) is 9.13. The molecular weight excluding hydrogens is 698 g/mol. The van der Waals surface area contributed by atoms with Crippen LogP contribution in [0.25, 0.3) is 27.2 Å². The predicted molar refractivity (Wildman–Crippen MR) is 199 cm³/mol. The maximum atomic E-state index is 15.1. The number of anilines is 1. The van der Waals surface area contributed by atoms with Gasteiger partial charge in [0.15, 0.2) is 6.79 Å².